The first-order valence-electron chi connectivity index (χ1n) is 17.9. The van der Waals surface area contributed by atoms with Crippen LogP contribution >= 0.6 is 23.1 Å². The second kappa shape index (κ2) is 14.8. The van der Waals surface area contributed by atoms with Crippen LogP contribution in [0, 0.1) is 0 Å². The van der Waals surface area contributed by atoms with E-state index in [-0.39, 0.29) is 36.2 Å². The average Bonchev–Trinajstić information content (AvgIpc) is 3.97. The number of carbonyl (C=O) groups excluding carboxylic acids is 5. The van der Waals surface area contributed by atoms with Gasteiger partial charge in [0.1, 0.15) is 22.7 Å². The number of benzene rings is 2. The van der Waals surface area contributed by atoms with Gasteiger partial charge < -0.3 is 30.3 Å². The highest BCUT2D eigenvalue weighted by Gasteiger charge is 2.67. The number of esters is 2. The van der Waals surface area contributed by atoms with Crippen LogP contribution in [0.3, 0.4) is 0 Å². The first kappa shape index (κ1) is 38.1. The molecule has 3 aliphatic heterocycles. The molecule has 0 spiro atoms. The zero-order valence-electron chi connectivity index (χ0n) is 30.5. The fraction of sp³-hybridized carbons (Fsp3) is 0.432. The van der Waals surface area contributed by atoms with Crippen LogP contribution in [0.25, 0.3) is 0 Å². The van der Waals surface area contributed by atoms with Crippen LogP contribution in [-0.2, 0) is 33.5 Å². The minimum absolute atomic E-state index is 0.0801. The number of hydrogen-bond acceptors (Lipinski definition) is 14. The van der Waals surface area contributed by atoms with Crippen LogP contribution in [0.1, 0.15) is 69.4 Å². The Bertz CT molecular complexity index is 1960. The molecule has 4 aliphatic rings. The van der Waals surface area contributed by atoms with Gasteiger partial charge >= 0.3 is 18.0 Å². The first-order chi connectivity index (χ1) is 26.2. The van der Waals surface area contributed by atoms with Crippen molar-refractivity contribution < 1.29 is 38.3 Å². The van der Waals surface area contributed by atoms with Gasteiger partial charge in [0.05, 0.1) is 13.1 Å². The number of thiazole rings is 1. The van der Waals surface area contributed by atoms with Crippen LogP contribution < -0.4 is 16.9 Å². The predicted molar refractivity (Wildman–Crippen MR) is 203 cm³/mol. The van der Waals surface area contributed by atoms with Gasteiger partial charge in [-0.15, -0.1) is 11.3 Å². The molecule has 290 valence electrons. The van der Waals surface area contributed by atoms with E-state index < -0.39 is 63.4 Å². The van der Waals surface area contributed by atoms with Crippen molar-refractivity contribution in [2.24, 2.45) is 11.0 Å². The second-order valence-electron chi connectivity index (χ2n) is 14.7. The standard InChI is InChI=1S/C37H42N8O8S2/c1-35(2,3)52-31(48)36(16-10-11-17-36)53-42-25(24-20-54-33(38)40-24)28(46)41-26-29(47)43-21-37(55-30(26)43,44-18-19-45(39)34(44)50)32(49)51-27(22-12-6-4-7-13-22)23-14-8-5-9-15-23/h4-9,12-15,20,26-27,30H,10-11,16-19,21,39H2,1-3H3,(H2,38,40)(H,41,46)/b42-25-/t26-,30-,37-/m1/s1. The number of carbonyl (C=O) groups is 5. The summed E-state index contributed by atoms with van der Waals surface area (Å²) in [5.41, 5.74) is 4.91. The van der Waals surface area contributed by atoms with Crippen LogP contribution in [0.4, 0.5) is 9.93 Å². The molecule has 4 fully saturated rings. The van der Waals surface area contributed by atoms with Gasteiger partial charge in [-0.25, -0.2) is 25.2 Å². The number of fused-ring (bicyclic) bond motifs is 1. The van der Waals surface area contributed by atoms with E-state index in [0.29, 0.717) is 36.8 Å². The van der Waals surface area contributed by atoms with Gasteiger partial charge in [0.25, 0.3) is 5.91 Å². The lowest BCUT2D eigenvalue weighted by molar-refractivity contribution is -0.183. The highest BCUT2D eigenvalue weighted by molar-refractivity contribution is 8.02. The molecular formula is C37H42N8O8S2. The van der Waals surface area contributed by atoms with Crippen LogP contribution in [0.5, 0.6) is 0 Å². The van der Waals surface area contributed by atoms with Crippen LogP contribution in [-0.4, -0.2) is 102 Å². The summed E-state index contributed by atoms with van der Waals surface area (Å²) in [5, 5.41) is 8.82. The van der Waals surface area contributed by atoms with Crippen molar-refractivity contribution >= 4 is 63.7 Å². The summed E-state index contributed by atoms with van der Waals surface area (Å²) < 4.78 is 11.9. The van der Waals surface area contributed by atoms with E-state index in [9.17, 15) is 24.0 Å². The van der Waals surface area contributed by atoms with Crippen molar-refractivity contribution in [1.82, 2.24) is 25.1 Å². The first-order valence-corrected chi connectivity index (χ1v) is 19.6. The Balaban J connectivity index is 1.16. The maximum Gasteiger partial charge on any atom is 0.353 e. The SMILES string of the molecule is CC(C)(C)OC(=O)C1(O/N=C(\C(=O)N[C@@H]2C(=O)N3C[C@@](C(=O)OC(c4ccccc4)c4ccccc4)(N4CCN(N)C4=O)S[C@H]23)c2csc(N)n2)CCCC1. The number of rotatable bonds is 11. The second-order valence-corrected chi connectivity index (χ2v) is 17.0. The number of nitrogens with zero attached hydrogens (tertiary/aromatic N) is 5. The summed E-state index contributed by atoms with van der Waals surface area (Å²) in [7, 11) is 0. The number of ether oxygens (including phenoxy) is 2. The third-order valence-electron chi connectivity index (χ3n) is 9.83. The molecule has 18 heteroatoms. The number of nitrogens with two attached hydrogens (primary N) is 2. The lowest BCUT2D eigenvalue weighted by atomic mass is 10.0. The maximum atomic E-state index is 14.6. The summed E-state index contributed by atoms with van der Waals surface area (Å²) in [5.74, 6) is 3.33. The molecule has 0 unspecified atom stereocenters. The van der Waals surface area contributed by atoms with E-state index in [1.54, 1.807) is 20.8 Å². The number of urea groups is 1. The number of thioether (sulfide) groups is 1. The zero-order chi connectivity index (χ0) is 39.1. The number of oxime groups is 1. The Morgan fingerprint density at radius 2 is 1.62 bits per heavy atom. The van der Waals surface area contributed by atoms with Crippen molar-refractivity contribution in [3.05, 3.63) is 82.9 Å². The van der Waals surface area contributed by atoms with E-state index in [2.05, 4.69) is 15.5 Å². The van der Waals surface area contributed by atoms with Crippen LogP contribution in [0.15, 0.2) is 71.2 Å². The molecule has 1 aromatic heterocycles. The van der Waals surface area contributed by atoms with E-state index in [1.165, 1.54) is 15.2 Å². The number of nitrogens with one attached hydrogen (secondary N) is 1. The Hall–Kier alpha value is -5.20. The minimum atomic E-state index is -1.70. The molecule has 4 amide bonds. The highest BCUT2D eigenvalue weighted by atomic mass is 32.2. The molecule has 0 radical (unpaired) electrons. The van der Waals surface area contributed by atoms with Crippen molar-refractivity contribution in [2.75, 3.05) is 25.4 Å². The number of hydrazine groups is 1. The van der Waals surface area contributed by atoms with Crippen molar-refractivity contribution in [3.63, 3.8) is 0 Å². The molecule has 3 aromatic rings. The van der Waals surface area contributed by atoms with E-state index in [4.69, 9.17) is 25.9 Å². The third-order valence-corrected chi connectivity index (χ3v) is 12.2. The molecule has 5 N–H and O–H groups in total. The van der Waals surface area contributed by atoms with Crippen molar-refractivity contribution in [3.8, 4) is 0 Å². The summed E-state index contributed by atoms with van der Waals surface area (Å²) in [6, 6.07) is 16.7. The lowest BCUT2D eigenvalue weighted by Crippen LogP contribution is -2.68. The smallest absolute Gasteiger partial charge is 0.353 e. The lowest BCUT2D eigenvalue weighted by Gasteiger charge is -2.41. The zero-order valence-corrected chi connectivity index (χ0v) is 32.1. The fourth-order valence-electron chi connectivity index (χ4n) is 7.06. The Labute approximate surface area is 325 Å². The molecule has 1 aliphatic carbocycles. The molecule has 55 heavy (non-hydrogen) atoms. The summed E-state index contributed by atoms with van der Waals surface area (Å²) >= 11 is 2.10. The van der Waals surface area contributed by atoms with Crippen molar-refractivity contribution in [1.29, 1.82) is 0 Å². The van der Waals surface area contributed by atoms with Gasteiger partial charge in [0, 0.05) is 24.8 Å². The molecular weight excluding hydrogens is 749 g/mol. The average molecular weight is 791 g/mol. The Kier molecular flexibility index (Phi) is 10.2. The largest absolute Gasteiger partial charge is 0.457 e. The Morgan fingerprint density at radius 1 is 0.982 bits per heavy atom. The molecule has 16 nitrogen and oxygen atoms in total. The number of aromatic nitrogens is 1. The van der Waals surface area contributed by atoms with Gasteiger partial charge in [-0.2, -0.15) is 0 Å². The summed E-state index contributed by atoms with van der Waals surface area (Å²) in [6.07, 6.45) is 1.21. The molecule has 4 heterocycles. The molecule has 0 bridgehead atoms. The number of β-lactam (4-membered cyclic amide) rings is 1. The topological polar surface area (TPSA) is 212 Å². The highest BCUT2D eigenvalue weighted by Crippen LogP contribution is 2.51. The number of amides is 4. The molecule has 3 saturated heterocycles. The van der Waals surface area contributed by atoms with E-state index in [1.807, 2.05) is 60.7 Å². The fourth-order valence-corrected chi connectivity index (χ4v) is 9.29. The summed E-state index contributed by atoms with van der Waals surface area (Å²) in [4.78, 5) is 80.3. The maximum absolute atomic E-state index is 14.6. The van der Waals surface area contributed by atoms with Crippen LogP contribution in [0.2, 0.25) is 0 Å². The quantitative estimate of drug-likeness (QED) is 0.0639. The predicted octanol–water partition coefficient (Wildman–Crippen LogP) is 3.14. The number of nitrogen functional groups attached to an aromatic ring is 1. The molecule has 7 rings (SSSR count). The third kappa shape index (κ3) is 7.32. The number of anilines is 1. The molecule has 2 aromatic carbocycles. The van der Waals surface area contributed by atoms with Gasteiger partial charge in [0.15, 0.2) is 16.9 Å². The molecule has 1 saturated carbocycles. The van der Waals surface area contributed by atoms with Gasteiger partial charge in [0.2, 0.25) is 16.4 Å². The normalized spacial score (nSPS) is 23.4. The summed E-state index contributed by atoms with van der Waals surface area (Å²) in [6.45, 7) is 5.29. The van der Waals surface area contributed by atoms with Gasteiger partial charge in [-0.1, -0.05) is 77.6 Å². The minimum Gasteiger partial charge on any atom is -0.457 e. The van der Waals surface area contributed by atoms with Gasteiger partial charge in [-0.3, -0.25) is 19.5 Å². The number of hydrogen-bond donors (Lipinski definition) is 3. The Morgan fingerprint density at radius 3 is 2.16 bits per heavy atom. The molecule has 3 atom stereocenters. The van der Waals surface area contributed by atoms with E-state index >= 15 is 0 Å². The van der Waals surface area contributed by atoms with Gasteiger partial charge in [-0.05, 0) is 44.7 Å². The monoisotopic (exact) mass is 790 g/mol. The van der Waals surface area contributed by atoms with Crippen molar-refractivity contribution in [2.45, 2.75) is 80.0 Å². The van der Waals surface area contributed by atoms with E-state index in [0.717, 1.165) is 28.1 Å².